The summed E-state index contributed by atoms with van der Waals surface area (Å²) in [6.07, 6.45) is -0.843. The van der Waals surface area contributed by atoms with Crippen molar-refractivity contribution in [3.05, 3.63) is 120 Å². The first-order valence-electron chi connectivity index (χ1n) is 21.1. The summed E-state index contributed by atoms with van der Waals surface area (Å²) in [5, 5.41) is 16.1. The molecule has 2 heterocycles. The number of aromatic nitrogens is 6. The van der Waals surface area contributed by atoms with Gasteiger partial charge in [0.1, 0.15) is 27.7 Å². The summed E-state index contributed by atoms with van der Waals surface area (Å²) >= 11 is 0. The number of hydrogen-bond donors (Lipinski definition) is 2. The second kappa shape index (κ2) is 19.4. The van der Waals surface area contributed by atoms with E-state index in [0.717, 1.165) is 5.56 Å². The quantitative estimate of drug-likeness (QED) is 0.0978. The Kier molecular flexibility index (Phi) is 13.9. The third-order valence-corrected chi connectivity index (χ3v) is 14.7. The van der Waals surface area contributed by atoms with Crippen LogP contribution in [0.15, 0.2) is 113 Å². The fourth-order valence-corrected chi connectivity index (χ4v) is 11.4. The van der Waals surface area contributed by atoms with Crippen molar-refractivity contribution in [2.24, 2.45) is 7.05 Å². The van der Waals surface area contributed by atoms with Crippen LogP contribution < -0.4 is 25.3 Å². The lowest BCUT2D eigenvalue weighted by molar-refractivity contribution is 0.0513. The Bertz CT molecular complexity index is 3060. The number of hydrogen-bond acceptors (Lipinski definition) is 14. The van der Waals surface area contributed by atoms with Crippen molar-refractivity contribution in [2.75, 3.05) is 32.8 Å². The van der Waals surface area contributed by atoms with Crippen LogP contribution in [0.5, 0.6) is 17.2 Å². The van der Waals surface area contributed by atoms with E-state index in [1.807, 2.05) is 18.2 Å². The van der Waals surface area contributed by atoms with Crippen LogP contribution in [0.2, 0.25) is 0 Å². The first-order valence-corrected chi connectivity index (χ1v) is 24.2. The van der Waals surface area contributed by atoms with E-state index in [-0.39, 0.29) is 42.5 Å². The molecule has 0 unspecified atom stereocenters. The zero-order chi connectivity index (χ0) is 48.3. The summed E-state index contributed by atoms with van der Waals surface area (Å²) in [7, 11) is -3.22. The van der Waals surface area contributed by atoms with Crippen molar-refractivity contribution in [3.63, 3.8) is 0 Å². The largest absolute Gasteiger partial charge is 0.497 e. The molecule has 0 bridgehead atoms. The highest BCUT2D eigenvalue weighted by atomic mass is 32.2. The summed E-state index contributed by atoms with van der Waals surface area (Å²) in [5.74, 6) is 1.04. The second-order valence-corrected chi connectivity index (χ2v) is 20.7. The number of alkyl carbamates (subject to hydrolysis) is 1. The number of ether oxygens (including phenoxy) is 4. The molecule has 2 aromatic heterocycles. The topological polar surface area (TPSA) is 225 Å². The van der Waals surface area contributed by atoms with E-state index in [1.165, 1.54) is 42.4 Å². The van der Waals surface area contributed by atoms with Crippen molar-refractivity contribution in [1.82, 2.24) is 39.4 Å². The Balaban J connectivity index is 1.50. The van der Waals surface area contributed by atoms with Crippen molar-refractivity contribution in [3.8, 4) is 39.8 Å². The number of fused-ring (bicyclic) bond motifs is 1. The number of aryl methyl sites for hydroxylation is 1. The van der Waals surface area contributed by atoms with Crippen LogP contribution in [-0.2, 0) is 51.3 Å². The van der Waals surface area contributed by atoms with Gasteiger partial charge in [0, 0.05) is 31.7 Å². The average Bonchev–Trinajstić information content (AvgIpc) is 3.87. The van der Waals surface area contributed by atoms with Gasteiger partial charge in [0.15, 0.2) is 9.84 Å². The maximum atomic E-state index is 16.1. The third kappa shape index (κ3) is 10.8. The molecule has 0 aliphatic carbocycles. The number of carbonyl (C=O) groups excluding carboxylic acids is 1. The zero-order valence-electron chi connectivity index (χ0n) is 38.4. The highest BCUT2D eigenvalue weighted by Crippen LogP contribution is 2.43. The maximum Gasteiger partial charge on any atom is 0.407 e. The normalized spacial score (nSPS) is 12.6. The monoisotopic (exact) mass is 951 g/mol. The molecule has 0 fully saturated rings. The highest BCUT2D eigenvalue weighted by Gasteiger charge is 2.39. The standard InChI is InChI=1S/C47H53N9O9S2/c1-30(49-46(57)65-47(2,3)4)29-66(58,59)40-25-24-37(38-10-9-11-39-42(38)50-45(48)54(39)5)41(44-51-53-56(52-44)28-33-16-22-36(64-8)23-17-33)43(40)67(60,61)55(26-31-12-18-34(62-6)19-13-31)27-32-14-20-35(63-7)21-15-32/h9-25,30H,26-29H2,1-8H3,(H2,48,50)(H,49,57)/t30-/m1/s1. The Morgan fingerprint density at radius 2 is 1.33 bits per heavy atom. The van der Waals surface area contributed by atoms with Gasteiger partial charge in [-0.15, -0.1) is 10.2 Å². The Morgan fingerprint density at radius 3 is 1.87 bits per heavy atom. The molecular formula is C47H53N9O9S2. The SMILES string of the molecule is COc1ccc(CN(Cc2ccc(OC)cc2)S(=O)(=O)c2c(S(=O)(=O)C[C@@H](C)NC(=O)OC(C)(C)C)ccc(-c3cccc4c3nc(N)n4C)c2-c2nnn(Cc3ccc(OC)cc3)n2)cc1. The van der Waals surface area contributed by atoms with Gasteiger partial charge in [-0.05, 0) is 104 Å². The van der Waals surface area contributed by atoms with E-state index < -0.39 is 53.1 Å². The first kappa shape index (κ1) is 47.9. The number of tetrazole rings is 1. The maximum absolute atomic E-state index is 16.1. The zero-order valence-corrected chi connectivity index (χ0v) is 40.1. The number of nitrogens with zero attached hydrogens (tertiary/aromatic N) is 7. The molecule has 0 aliphatic heterocycles. The Hall–Kier alpha value is -7.03. The molecule has 0 radical (unpaired) electrons. The number of imidazole rings is 1. The van der Waals surface area contributed by atoms with Gasteiger partial charge in [0.05, 0.1) is 55.1 Å². The van der Waals surface area contributed by atoms with Crippen LogP contribution in [0, 0.1) is 0 Å². The van der Waals surface area contributed by atoms with Gasteiger partial charge in [0.25, 0.3) is 0 Å². The molecule has 0 spiro atoms. The predicted molar refractivity (Wildman–Crippen MR) is 253 cm³/mol. The van der Waals surface area contributed by atoms with Gasteiger partial charge < -0.3 is 34.6 Å². The van der Waals surface area contributed by atoms with Crippen LogP contribution in [-0.4, -0.2) is 95.7 Å². The molecule has 0 saturated carbocycles. The molecule has 7 aromatic rings. The number of nitrogens with two attached hydrogens (primary N) is 1. The molecule has 352 valence electrons. The molecule has 0 saturated heterocycles. The molecule has 5 aromatic carbocycles. The van der Waals surface area contributed by atoms with E-state index in [9.17, 15) is 4.79 Å². The summed E-state index contributed by atoms with van der Waals surface area (Å²) in [4.78, 5) is 17.6. The lowest BCUT2D eigenvalue weighted by Crippen LogP contribution is -2.41. The number of sulfonamides is 1. The fourth-order valence-electron chi connectivity index (χ4n) is 7.46. The van der Waals surface area contributed by atoms with Gasteiger partial charge in [-0.25, -0.2) is 26.6 Å². The van der Waals surface area contributed by atoms with Crippen LogP contribution >= 0.6 is 0 Å². The van der Waals surface area contributed by atoms with Crippen LogP contribution in [0.25, 0.3) is 33.5 Å². The van der Waals surface area contributed by atoms with Crippen molar-refractivity contribution < 1.29 is 40.6 Å². The number of anilines is 1. The van der Waals surface area contributed by atoms with Gasteiger partial charge in [-0.3, -0.25) is 0 Å². The Morgan fingerprint density at radius 1 is 0.776 bits per heavy atom. The Labute approximate surface area is 389 Å². The van der Waals surface area contributed by atoms with Gasteiger partial charge in [0.2, 0.25) is 21.8 Å². The first-order chi connectivity index (χ1) is 31.8. The van der Waals surface area contributed by atoms with Crippen LogP contribution in [0.3, 0.4) is 0 Å². The number of carbonyl (C=O) groups is 1. The molecule has 0 aliphatic rings. The average molecular weight is 952 g/mol. The number of benzene rings is 5. The van der Waals surface area contributed by atoms with Gasteiger partial charge in [-0.2, -0.15) is 9.10 Å². The number of para-hydroxylation sites is 1. The van der Waals surface area contributed by atoms with Crippen molar-refractivity contribution in [1.29, 1.82) is 0 Å². The predicted octanol–water partition coefficient (Wildman–Crippen LogP) is 6.63. The molecule has 3 N–H and O–H groups in total. The lowest BCUT2D eigenvalue weighted by Gasteiger charge is -2.27. The number of rotatable bonds is 17. The minimum absolute atomic E-state index is 0.119. The van der Waals surface area contributed by atoms with E-state index in [1.54, 1.807) is 112 Å². The molecule has 67 heavy (non-hydrogen) atoms. The summed E-state index contributed by atoms with van der Waals surface area (Å²) in [6, 6.07) is 28.0. The van der Waals surface area contributed by atoms with E-state index in [4.69, 9.17) is 29.8 Å². The number of methoxy groups -OCH3 is 3. The van der Waals surface area contributed by atoms with E-state index >= 15 is 16.8 Å². The van der Waals surface area contributed by atoms with Crippen LogP contribution in [0.4, 0.5) is 10.7 Å². The fraction of sp³-hybridized carbons (Fsp3) is 0.298. The van der Waals surface area contributed by atoms with E-state index in [2.05, 4.69) is 20.6 Å². The molecule has 18 nitrogen and oxygen atoms in total. The highest BCUT2D eigenvalue weighted by molar-refractivity contribution is 7.93. The number of amides is 1. The summed E-state index contributed by atoms with van der Waals surface area (Å²) in [5.41, 5.74) is 8.93. The minimum Gasteiger partial charge on any atom is -0.497 e. The molecule has 1 amide bonds. The van der Waals surface area contributed by atoms with E-state index in [0.29, 0.717) is 45.0 Å². The molecule has 1 atom stereocenters. The smallest absolute Gasteiger partial charge is 0.407 e. The third-order valence-electron chi connectivity index (χ3n) is 10.7. The van der Waals surface area contributed by atoms with Gasteiger partial charge >= 0.3 is 6.09 Å². The van der Waals surface area contributed by atoms with Crippen LogP contribution in [0.1, 0.15) is 44.4 Å². The molecule has 20 heteroatoms. The number of nitrogens with one attached hydrogen (secondary N) is 1. The van der Waals surface area contributed by atoms with Crippen molar-refractivity contribution >= 4 is 42.9 Å². The number of sulfone groups is 1. The summed E-state index contributed by atoms with van der Waals surface area (Å²) < 4.78 is 86.7. The molecular weight excluding hydrogens is 899 g/mol. The lowest BCUT2D eigenvalue weighted by atomic mass is 9.98. The van der Waals surface area contributed by atoms with Crippen molar-refractivity contribution in [2.45, 2.75) is 68.8 Å². The minimum atomic E-state index is -4.95. The summed E-state index contributed by atoms with van der Waals surface area (Å²) in [6.45, 7) is 6.23. The second-order valence-electron chi connectivity index (χ2n) is 16.8. The number of nitrogen functional groups attached to an aromatic ring is 1. The van der Waals surface area contributed by atoms with Gasteiger partial charge in [-0.1, -0.05) is 54.6 Å². The molecule has 7 rings (SSSR count).